The molecule has 0 unspecified atom stereocenters. The molecule has 0 saturated carbocycles. The molecule has 0 amide bonds. The first kappa shape index (κ1) is 9.09. The lowest BCUT2D eigenvalue weighted by Gasteiger charge is -2.02. The maximum Gasteiger partial charge on any atom is 0.151 e. The number of hydrogen-bond acceptors (Lipinski definition) is 2. The van der Waals surface area contributed by atoms with Crippen LogP contribution in [0.25, 0.3) is 11.3 Å². The number of aromatic nitrogens is 2. The average molecular weight is 209 g/mol. The third-order valence-corrected chi connectivity index (χ3v) is 2.10. The van der Waals surface area contributed by atoms with Crippen LogP contribution in [-0.4, -0.2) is 9.97 Å². The van der Waals surface area contributed by atoms with Crippen molar-refractivity contribution in [1.29, 1.82) is 0 Å². The highest BCUT2D eigenvalue weighted by atomic mass is 35.5. The Bertz CT molecular complexity index is 445. The van der Waals surface area contributed by atoms with Gasteiger partial charge in [-0.3, -0.25) is 0 Å². The van der Waals surface area contributed by atoms with Gasteiger partial charge in [-0.05, 0) is 18.2 Å². The smallest absolute Gasteiger partial charge is 0.151 e. The Kier molecular flexibility index (Phi) is 2.41. The molecule has 0 N–H and O–H groups in total. The third kappa shape index (κ3) is 1.59. The van der Waals surface area contributed by atoms with Crippen LogP contribution in [-0.2, 0) is 0 Å². The highest BCUT2D eigenvalue weighted by molar-refractivity contribution is 6.31. The number of rotatable bonds is 1. The van der Waals surface area contributed by atoms with Crippen molar-refractivity contribution in [2.75, 3.05) is 0 Å². The van der Waals surface area contributed by atoms with E-state index in [-0.39, 0.29) is 5.02 Å². The highest BCUT2D eigenvalue weighted by Gasteiger charge is 2.08. The standard InChI is InChI=1S/C10H6ClFN2/c11-8-3-1-2-7(10(8)12)9-4-5-13-6-14-9/h1-6H. The molecule has 0 fully saturated rings. The SMILES string of the molecule is Fc1c(Cl)cccc1-c1ccncn1. The first-order valence-electron chi connectivity index (χ1n) is 3.99. The van der Waals surface area contributed by atoms with Crippen LogP contribution >= 0.6 is 11.6 Å². The van der Waals surface area contributed by atoms with Gasteiger partial charge in [0.2, 0.25) is 0 Å². The van der Waals surface area contributed by atoms with Crippen LogP contribution in [0.3, 0.4) is 0 Å². The van der Waals surface area contributed by atoms with E-state index in [1.165, 1.54) is 12.4 Å². The maximum absolute atomic E-state index is 13.5. The summed E-state index contributed by atoms with van der Waals surface area (Å²) in [6.45, 7) is 0. The van der Waals surface area contributed by atoms with Gasteiger partial charge in [-0.2, -0.15) is 0 Å². The summed E-state index contributed by atoms with van der Waals surface area (Å²) >= 11 is 5.65. The number of benzene rings is 1. The summed E-state index contributed by atoms with van der Waals surface area (Å²) in [5.41, 5.74) is 0.917. The molecule has 0 aliphatic carbocycles. The van der Waals surface area contributed by atoms with Gasteiger partial charge in [0.05, 0.1) is 10.7 Å². The minimum absolute atomic E-state index is 0.0983. The Hall–Kier alpha value is -1.48. The summed E-state index contributed by atoms with van der Waals surface area (Å²) in [5, 5.41) is 0.0983. The van der Waals surface area contributed by atoms with Gasteiger partial charge in [-0.25, -0.2) is 14.4 Å². The van der Waals surface area contributed by atoms with E-state index in [0.717, 1.165) is 0 Å². The Labute approximate surface area is 85.4 Å². The largest absolute Gasteiger partial charge is 0.245 e. The minimum Gasteiger partial charge on any atom is -0.245 e. The molecule has 1 aromatic heterocycles. The molecule has 2 rings (SSSR count). The van der Waals surface area contributed by atoms with Crippen LogP contribution in [0.2, 0.25) is 5.02 Å². The lowest BCUT2D eigenvalue weighted by atomic mass is 10.1. The van der Waals surface area contributed by atoms with Crippen molar-refractivity contribution in [3.05, 3.63) is 47.6 Å². The molecule has 1 aromatic carbocycles. The zero-order chi connectivity index (χ0) is 9.97. The van der Waals surface area contributed by atoms with Crippen LogP contribution in [0.1, 0.15) is 0 Å². The van der Waals surface area contributed by atoms with E-state index in [0.29, 0.717) is 11.3 Å². The highest BCUT2D eigenvalue weighted by Crippen LogP contribution is 2.25. The Morgan fingerprint density at radius 2 is 2.07 bits per heavy atom. The van der Waals surface area contributed by atoms with Crippen molar-refractivity contribution in [3.8, 4) is 11.3 Å². The number of halogens is 2. The van der Waals surface area contributed by atoms with Crippen molar-refractivity contribution < 1.29 is 4.39 Å². The molecule has 0 bridgehead atoms. The molecule has 70 valence electrons. The first-order chi connectivity index (χ1) is 6.79. The van der Waals surface area contributed by atoms with Gasteiger partial charge in [-0.15, -0.1) is 0 Å². The normalized spacial score (nSPS) is 10.1. The van der Waals surface area contributed by atoms with Crippen LogP contribution < -0.4 is 0 Å². The molecule has 1 heterocycles. The summed E-state index contributed by atoms with van der Waals surface area (Å²) in [4.78, 5) is 7.70. The molecule has 2 nitrogen and oxygen atoms in total. The van der Waals surface area contributed by atoms with Gasteiger partial charge in [0, 0.05) is 11.8 Å². The Morgan fingerprint density at radius 1 is 1.21 bits per heavy atom. The predicted molar refractivity (Wildman–Crippen MR) is 52.4 cm³/mol. The topological polar surface area (TPSA) is 25.8 Å². The second-order valence-electron chi connectivity index (χ2n) is 2.70. The summed E-state index contributed by atoms with van der Waals surface area (Å²) in [6, 6.07) is 6.45. The van der Waals surface area contributed by atoms with Crippen LogP contribution in [0.4, 0.5) is 4.39 Å². The van der Waals surface area contributed by atoms with E-state index >= 15 is 0 Å². The second kappa shape index (κ2) is 3.72. The summed E-state index contributed by atoms with van der Waals surface area (Å²) in [7, 11) is 0. The molecule has 0 aliphatic rings. The van der Waals surface area contributed by atoms with E-state index in [1.807, 2.05) is 0 Å². The zero-order valence-electron chi connectivity index (χ0n) is 7.11. The Balaban J connectivity index is 2.58. The van der Waals surface area contributed by atoms with Gasteiger partial charge < -0.3 is 0 Å². The molecule has 4 heteroatoms. The molecule has 0 spiro atoms. The van der Waals surface area contributed by atoms with Gasteiger partial charge in [-0.1, -0.05) is 17.7 Å². The molecule has 0 saturated heterocycles. The monoisotopic (exact) mass is 208 g/mol. The van der Waals surface area contributed by atoms with E-state index in [2.05, 4.69) is 9.97 Å². The van der Waals surface area contributed by atoms with E-state index in [4.69, 9.17) is 11.6 Å². The Morgan fingerprint density at radius 3 is 2.79 bits per heavy atom. The van der Waals surface area contributed by atoms with Crippen molar-refractivity contribution in [3.63, 3.8) is 0 Å². The minimum atomic E-state index is -0.451. The van der Waals surface area contributed by atoms with Gasteiger partial charge in [0.15, 0.2) is 5.82 Å². The second-order valence-corrected chi connectivity index (χ2v) is 3.10. The van der Waals surface area contributed by atoms with Crippen LogP contribution in [0.5, 0.6) is 0 Å². The van der Waals surface area contributed by atoms with E-state index < -0.39 is 5.82 Å². The molecule has 0 aliphatic heterocycles. The number of nitrogens with zero attached hydrogens (tertiary/aromatic N) is 2. The fraction of sp³-hybridized carbons (Fsp3) is 0. The average Bonchev–Trinajstić information content (AvgIpc) is 2.23. The molecule has 0 atom stereocenters. The molecule has 0 radical (unpaired) electrons. The van der Waals surface area contributed by atoms with Crippen LogP contribution in [0, 0.1) is 5.82 Å². The molecular weight excluding hydrogens is 203 g/mol. The quantitative estimate of drug-likeness (QED) is 0.720. The van der Waals surface area contributed by atoms with E-state index in [9.17, 15) is 4.39 Å². The molecule has 14 heavy (non-hydrogen) atoms. The van der Waals surface area contributed by atoms with Crippen molar-refractivity contribution in [2.45, 2.75) is 0 Å². The summed E-state index contributed by atoms with van der Waals surface area (Å²) in [5.74, 6) is -0.451. The van der Waals surface area contributed by atoms with Crippen molar-refractivity contribution in [1.82, 2.24) is 9.97 Å². The number of hydrogen-bond donors (Lipinski definition) is 0. The molecule has 2 aromatic rings. The first-order valence-corrected chi connectivity index (χ1v) is 4.37. The molecular formula is C10H6ClFN2. The van der Waals surface area contributed by atoms with Gasteiger partial charge in [0.25, 0.3) is 0 Å². The van der Waals surface area contributed by atoms with Crippen LogP contribution in [0.15, 0.2) is 36.8 Å². The maximum atomic E-state index is 13.5. The lowest BCUT2D eigenvalue weighted by Crippen LogP contribution is -1.88. The third-order valence-electron chi connectivity index (χ3n) is 1.81. The van der Waals surface area contributed by atoms with Gasteiger partial charge in [0.1, 0.15) is 6.33 Å². The summed E-state index contributed by atoms with van der Waals surface area (Å²) < 4.78 is 13.5. The summed E-state index contributed by atoms with van der Waals surface area (Å²) in [6.07, 6.45) is 2.93. The van der Waals surface area contributed by atoms with Crippen molar-refractivity contribution >= 4 is 11.6 Å². The predicted octanol–water partition coefficient (Wildman–Crippen LogP) is 2.94. The lowest BCUT2D eigenvalue weighted by molar-refractivity contribution is 0.631. The zero-order valence-corrected chi connectivity index (χ0v) is 7.87. The fourth-order valence-electron chi connectivity index (χ4n) is 1.15. The van der Waals surface area contributed by atoms with Gasteiger partial charge >= 0.3 is 0 Å². The van der Waals surface area contributed by atoms with Crippen molar-refractivity contribution in [2.24, 2.45) is 0 Å². The fourth-order valence-corrected chi connectivity index (χ4v) is 1.33. The van der Waals surface area contributed by atoms with E-state index in [1.54, 1.807) is 24.4 Å².